The topological polar surface area (TPSA) is 57.4 Å². The monoisotopic (exact) mass is 882 g/mol. The molecule has 4 nitrogen and oxygen atoms in total. The SMILES string of the molecule is C[Si](C)(C)C#Cc1ccc(-c2c3nc(c(-c4c(F)cccc4F)c4ccc([nH]4)c(-c4c(F)cccc4F)c4nc(c(-c5c(F)cccc5F)c5ccc2[nH]5)C=C4)C=C3)cc1.[Zn+2]. The summed E-state index contributed by atoms with van der Waals surface area (Å²) in [6.07, 6.45) is 6.35. The molecule has 2 aliphatic heterocycles. The Bertz CT molecular complexity index is 3110. The minimum atomic E-state index is -1.68. The second-order valence-electron chi connectivity index (χ2n) is 15.4. The van der Waals surface area contributed by atoms with Crippen LogP contribution in [0.3, 0.4) is 0 Å². The molecule has 7 aromatic rings. The summed E-state index contributed by atoms with van der Waals surface area (Å²) in [6, 6.07) is 24.5. The Morgan fingerprint density at radius 1 is 0.410 bits per heavy atom. The summed E-state index contributed by atoms with van der Waals surface area (Å²) in [5.74, 6) is -1.99. The first-order valence-electron chi connectivity index (χ1n) is 19.0. The van der Waals surface area contributed by atoms with Crippen LogP contribution in [0.1, 0.15) is 28.3 Å². The van der Waals surface area contributed by atoms with E-state index in [-0.39, 0.29) is 80.9 Å². The molecule has 0 saturated heterocycles. The predicted octanol–water partition coefficient (Wildman–Crippen LogP) is 13.4. The molecule has 2 N–H and O–H groups in total. The molecule has 3 aromatic heterocycles. The van der Waals surface area contributed by atoms with Gasteiger partial charge in [0.25, 0.3) is 0 Å². The van der Waals surface area contributed by atoms with Gasteiger partial charge in [-0.2, -0.15) is 0 Å². The fourth-order valence-electron chi connectivity index (χ4n) is 7.49. The Morgan fingerprint density at radius 2 is 0.721 bits per heavy atom. The van der Waals surface area contributed by atoms with Gasteiger partial charge in [0, 0.05) is 49.9 Å². The smallest absolute Gasteiger partial charge is 0.354 e. The quantitative estimate of drug-likeness (QED) is 0.105. The third kappa shape index (κ3) is 7.72. The molecule has 4 aromatic carbocycles. The number of fused-ring (bicyclic) bond motifs is 8. The third-order valence-corrected chi connectivity index (χ3v) is 11.0. The second kappa shape index (κ2) is 16.1. The van der Waals surface area contributed by atoms with Crippen molar-refractivity contribution >= 4 is 54.4 Å². The van der Waals surface area contributed by atoms with Gasteiger partial charge in [-0.3, -0.25) is 0 Å². The summed E-state index contributed by atoms with van der Waals surface area (Å²) in [5, 5.41) is 0. The maximum Gasteiger partial charge on any atom is 2.00 e. The van der Waals surface area contributed by atoms with Crippen molar-refractivity contribution in [3.63, 3.8) is 0 Å². The average molecular weight is 884 g/mol. The van der Waals surface area contributed by atoms with Crippen molar-refractivity contribution in [2.75, 3.05) is 0 Å². The van der Waals surface area contributed by atoms with Crippen molar-refractivity contribution in [3.05, 3.63) is 166 Å². The van der Waals surface area contributed by atoms with E-state index in [2.05, 4.69) is 41.1 Å². The third-order valence-electron chi connectivity index (χ3n) is 10.1. The molecule has 12 heteroatoms. The zero-order valence-corrected chi connectivity index (χ0v) is 37.0. The number of aromatic amines is 2. The van der Waals surface area contributed by atoms with Gasteiger partial charge in [0.2, 0.25) is 0 Å². The summed E-state index contributed by atoms with van der Waals surface area (Å²) in [6.45, 7) is 6.46. The van der Waals surface area contributed by atoms with E-state index in [0.717, 1.165) is 42.0 Å². The summed E-state index contributed by atoms with van der Waals surface area (Å²) in [7, 11) is -1.68. The van der Waals surface area contributed by atoms with E-state index >= 15 is 26.3 Å². The van der Waals surface area contributed by atoms with Gasteiger partial charge in [-0.1, -0.05) is 55.9 Å². The minimum absolute atomic E-state index is 0. The van der Waals surface area contributed by atoms with Crippen LogP contribution in [0.2, 0.25) is 19.6 Å². The zero-order chi connectivity index (χ0) is 41.9. The van der Waals surface area contributed by atoms with E-state index in [1.165, 1.54) is 36.4 Å². The van der Waals surface area contributed by atoms with Gasteiger partial charge in [0.05, 0.1) is 39.5 Å². The van der Waals surface area contributed by atoms with Crippen LogP contribution in [-0.2, 0) is 19.5 Å². The van der Waals surface area contributed by atoms with Gasteiger partial charge in [0.15, 0.2) is 0 Å². The number of nitrogens with one attached hydrogen (secondary N) is 2. The molecule has 0 aliphatic carbocycles. The van der Waals surface area contributed by atoms with E-state index in [1.54, 1.807) is 30.4 Å². The van der Waals surface area contributed by atoms with Gasteiger partial charge in [-0.05, 0) is 103 Å². The van der Waals surface area contributed by atoms with E-state index in [0.29, 0.717) is 22.3 Å². The summed E-state index contributed by atoms with van der Waals surface area (Å²) >= 11 is 0. The van der Waals surface area contributed by atoms with E-state index in [1.807, 2.05) is 24.3 Å². The molecule has 294 valence electrons. The van der Waals surface area contributed by atoms with Crippen LogP contribution in [0, 0.1) is 46.4 Å². The first-order chi connectivity index (χ1) is 28.8. The number of benzene rings is 4. The maximum atomic E-state index is 15.9. The number of hydrogen-bond donors (Lipinski definition) is 2. The van der Waals surface area contributed by atoms with Gasteiger partial charge < -0.3 is 9.97 Å². The number of nitrogens with zero attached hydrogens (tertiary/aromatic N) is 2. The first kappa shape index (κ1) is 41.2. The molecule has 0 atom stereocenters. The first-order valence-corrected chi connectivity index (χ1v) is 22.5. The standard InChI is InChI=1S/C49H32F6N4Si.Zn/c1-60(2,3)26-25-27-13-15-28(16-14-27)43-35-17-19-37(56-35)47(44-29(50)7-4-8-30(44)51)39-21-23-41(58-39)49(46-33(54)11-6-12-34(46)55)42-24-22-40(59-42)48(38-20-18-36(43)57-38)45-31(52)9-5-10-32(45)53;/h4-24,56,59H,1-3H3;/q;+2. The minimum Gasteiger partial charge on any atom is -0.354 e. The van der Waals surface area contributed by atoms with Gasteiger partial charge in [0.1, 0.15) is 43.0 Å². The van der Waals surface area contributed by atoms with E-state index in [4.69, 9.17) is 9.97 Å². The van der Waals surface area contributed by atoms with Crippen LogP contribution < -0.4 is 0 Å². The Morgan fingerprint density at radius 3 is 1.05 bits per heavy atom. The van der Waals surface area contributed by atoms with Gasteiger partial charge in [-0.15, -0.1) is 5.54 Å². The molecular weight excluding hydrogens is 852 g/mol. The van der Waals surface area contributed by atoms with Crippen LogP contribution in [0.25, 0.3) is 90.9 Å². The molecule has 5 heterocycles. The van der Waals surface area contributed by atoms with Crippen molar-refractivity contribution in [2.45, 2.75) is 19.6 Å². The second-order valence-corrected chi connectivity index (χ2v) is 20.1. The summed E-state index contributed by atoms with van der Waals surface area (Å²) < 4.78 is 95.0. The molecule has 0 saturated carbocycles. The van der Waals surface area contributed by atoms with E-state index < -0.39 is 48.5 Å². The Labute approximate surface area is 360 Å². The van der Waals surface area contributed by atoms with Crippen molar-refractivity contribution in [1.82, 2.24) is 19.9 Å². The van der Waals surface area contributed by atoms with Gasteiger partial charge >= 0.3 is 19.5 Å². The largest absolute Gasteiger partial charge is 2.00 e. The number of aromatic nitrogens is 4. The van der Waals surface area contributed by atoms with Crippen molar-refractivity contribution in [2.24, 2.45) is 0 Å². The fraction of sp³-hybridized carbons (Fsp3) is 0.0612. The molecule has 0 amide bonds. The van der Waals surface area contributed by atoms with Gasteiger partial charge in [-0.25, -0.2) is 36.3 Å². The van der Waals surface area contributed by atoms with Crippen molar-refractivity contribution < 1.29 is 45.8 Å². The molecule has 2 aliphatic rings. The molecule has 8 bridgehead atoms. The molecule has 61 heavy (non-hydrogen) atoms. The molecule has 0 radical (unpaired) electrons. The molecular formula is C49H32F6N4SiZn+2. The van der Waals surface area contributed by atoms with Crippen LogP contribution in [0.15, 0.2) is 103 Å². The van der Waals surface area contributed by atoms with Crippen LogP contribution in [-0.4, -0.2) is 28.0 Å². The molecule has 9 rings (SSSR count). The van der Waals surface area contributed by atoms with Crippen molar-refractivity contribution in [1.29, 1.82) is 0 Å². The Balaban J connectivity index is 0.00000514. The molecule has 0 spiro atoms. The number of rotatable bonds is 4. The predicted molar refractivity (Wildman–Crippen MR) is 231 cm³/mol. The van der Waals surface area contributed by atoms with Crippen LogP contribution in [0.5, 0.6) is 0 Å². The maximum absolute atomic E-state index is 15.9. The summed E-state index contributed by atoms with van der Waals surface area (Å²) in [4.78, 5) is 16.3. The van der Waals surface area contributed by atoms with Crippen molar-refractivity contribution in [3.8, 4) is 56.0 Å². The summed E-state index contributed by atoms with van der Waals surface area (Å²) in [5.41, 5.74) is 6.13. The number of hydrogen-bond acceptors (Lipinski definition) is 2. The van der Waals surface area contributed by atoms with E-state index in [9.17, 15) is 0 Å². The fourth-order valence-corrected chi connectivity index (χ4v) is 8.01. The number of H-pyrrole nitrogens is 2. The van der Waals surface area contributed by atoms with Crippen LogP contribution >= 0.6 is 0 Å². The number of halogens is 6. The van der Waals surface area contributed by atoms with Crippen LogP contribution in [0.4, 0.5) is 26.3 Å². The normalized spacial score (nSPS) is 12.0. The molecule has 0 unspecified atom stereocenters. The average Bonchev–Trinajstić information content (AvgIpc) is 4.05. The molecule has 0 fully saturated rings. The zero-order valence-electron chi connectivity index (χ0n) is 33.0. The Hall–Kier alpha value is -6.54. The Kier molecular flexibility index (Phi) is 10.9.